The minimum Gasteiger partial charge on any atom is -0.493 e. The summed E-state index contributed by atoms with van der Waals surface area (Å²) < 4.78 is 12.4. The van der Waals surface area contributed by atoms with Crippen LogP contribution >= 0.6 is 0 Å². The molecule has 2 aromatic carbocycles. The standard InChI is InChI=1S/C26H30N6O2/c1-4-33-21-12-17(11-19-15-31-25(30)32-24(19)29)13-22(34-16-26(2,3)9-6-10-27)23(21)18-7-5-8-20(28)14-18/h5-9,12-15H,4,11,16,28H2,1-3H3,(H4,29,30,31,32). The largest absolute Gasteiger partial charge is 0.493 e. The number of anilines is 3. The van der Waals surface area contributed by atoms with Gasteiger partial charge < -0.3 is 26.7 Å². The number of benzene rings is 2. The summed E-state index contributed by atoms with van der Waals surface area (Å²) in [6.07, 6.45) is 5.39. The van der Waals surface area contributed by atoms with E-state index in [1.165, 1.54) is 6.08 Å². The zero-order valence-electron chi connectivity index (χ0n) is 19.7. The summed E-state index contributed by atoms with van der Waals surface area (Å²) in [6.45, 7) is 6.75. The molecule has 0 aliphatic heterocycles. The summed E-state index contributed by atoms with van der Waals surface area (Å²) in [5, 5.41) is 8.91. The molecule has 8 heteroatoms. The van der Waals surface area contributed by atoms with Gasteiger partial charge in [0.2, 0.25) is 5.95 Å². The maximum Gasteiger partial charge on any atom is 0.221 e. The van der Waals surface area contributed by atoms with Crippen molar-refractivity contribution >= 4 is 17.5 Å². The SMILES string of the molecule is CCOc1cc(Cc2cnc(N)nc2N)cc(OCC(C)(C)C=CC#N)c1-c1cccc(N)c1. The Labute approximate surface area is 200 Å². The van der Waals surface area contributed by atoms with Crippen molar-refractivity contribution in [3.05, 3.63) is 65.9 Å². The van der Waals surface area contributed by atoms with Crippen LogP contribution in [0.1, 0.15) is 31.9 Å². The van der Waals surface area contributed by atoms with Gasteiger partial charge in [-0.25, -0.2) is 4.98 Å². The fraction of sp³-hybridized carbons (Fsp3) is 0.269. The summed E-state index contributed by atoms with van der Waals surface area (Å²) in [5.74, 6) is 1.77. The first kappa shape index (κ1) is 24.4. The topological polar surface area (TPSA) is 146 Å². The molecule has 0 atom stereocenters. The molecule has 0 aliphatic carbocycles. The average molecular weight is 459 g/mol. The van der Waals surface area contributed by atoms with Gasteiger partial charge in [0.1, 0.15) is 17.3 Å². The van der Waals surface area contributed by atoms with Gasteiger partial charge in [0.15, 0.2) is 0 Å². The first-order valence-electron chi connectivity index (χ1n) is 10.9. The van der Waals surface area contributed by atoms with Gasteiger partial charge in [-0.2, -0.15) is 10.2 Å². The maximum atomic E-state index is 8.91. The number of nitriles is 1. The van der Waals surface area contributed by atoms with Crippen LogP contribution in [0, 0.1) is 16.7 Å². The van der Waals surface area contributed by atoms with Gasteiger partial charge in [0, 0.05) is 35.4 Å². The lowest BCUT2D eigenvalue weighted by Crippen LogP contribution is -2.19. The van der Waals surface area contributed by atoms with E-state index in [9.17, 15) is 0 Å². The van der Waals surface area contributed by atoms with Crippen LogP contribution in [0.5, 0.6) is 11.5 Å². The molecule has 1 heterocycles. The molecule has 0 spiro atoms. The first-order chi connectivity index (χ1) is 16.2. The van der Waals surface area contributed by atoms with Crippen molar-refractivity contribution in [1.82, 2.24) is 9.97 Å². The second-order valence-electron chi connectivity index (χ2n) is 8.58. The average Bonchev–Trinajstić information content (AvgIpc) is 2.78. The predicted octanol–water partition coefficient (Wildman–Crippen LogP) is 4.36. The molecule has 3 rings (SSSR count). The van der Waals surface area contributed by atoms with E-state index >= 15 is 0 Å². The van der Waals surface area contributed by atoms with Crippen molar-refractivity contribution in [2.24, 2.45) is 5.41 Å². The highest BCUT2D eigenvalue weighted by molar-refractivity contribution is 5.79. The molecule has 0 bridgehead atoms. The number of rotatable bonds is 9. The highest BCUT2D eigenvalue weighted by Crippen LogP contribution is 2.41. The van der Waals surface area contributed by atoms with E-state index in [1.807, 2.05) is 69.3 Å². The number of nitrogens with zero attached hydrogens (tertiary/aromatic N) is 3. The molecule has 0 radical (unpaired) electrons. The highest BCUT2D eigenvalue weighted by atomic mass is 16.5. The fourth-order valence-electron chi connectivity index (χ4n) is 3.47. The van der Waals surface area contributed by atoms with Crippen LogP contribution in [0.25, 0.3) is 11.1 Å². The predicted molar refractivity (Wildman–Crippen MR) is 135 cm³/mol. The molecule has 1 aromatic heterocycles. The third-order valence-electron chi connectivity index (χ3n) is 5.12. The first-order valence-corrected chi connectivity index (χ1v) is 10.9. The Kier molecular flexibility index (Phi) is 7.59. The summed E-state index contributed by atoms with van der Waals surface area (Å²) in [6, 6.07) is 13.5. The molecule has 6 N–H and O–H groups in total. The van der Waals surface area contributed by atoms with Gasteiger partial charge in [-0.05, 0) is 42.3 Å². The lowest BCUT2D eigenvalue weighted by atomic mass is 9.94. The molecule has 0 aliphatic rings. The Morgan fingerprint density at radius 1 is 1.09 bits per heavy atom. The second kappa shape index (κ2) is 10.6. The molecule has 8 nitrogen and oxygen atoms in total. The van der Waals surface area contributed by atoms with Crippen molar-refractivity contribution in [3.63, 3.8) is 0 Å². The Morgan fingerprint density at radius 2 is 1.82 bits per heavy atom. The number of nitrogens with two attached hydrogens (primary N) is 3. The number of ether oxygens (including phenoxy) is 2. The molecule has 176 valence electrons. The molecular weight excluding hydrogens is 428 g/mol. The molecule has 0 unspecified atom stereocenters. The number of nitrogen functional groups attached to an aromatic ring is 3. The fourth-order valence-corrected chi connectivity index (χ4v) is 3.47. The van der Waals surface area contributed by atoms with Crippen LogP contribution in [0.3, 0.4) is 0 Å². The quantitative estimate of drug-likeness (QED) is 0.316. The molecular formula is C26H30N6O2. The zero-order valence-corrected chi connectivity index (χ0v) is 19.7. The third kappa shape index (κ3) is 6.17. The van der Waals surface area contributed by atoms with E-state index in [2.05, 4.69) is 9.97 Å². The number of aromatic nitrogens is 2. The number of hydrogen-bond donors (Lipinski definition) is 3. The lowest BCUT2D eigenvalue weighted by molar-refractivity contribution is 0.221. The van der Waals surface area contributed by atoms with E-state index in [1.54, 1.807) is 6.20 Å². The molecule has 0 saturated heterocycles. The maximum absolute atomic E-state index is 8.91. The van der Waals surface area contributed by atoms with Gasteiger partial charge in [-0.3, -0.25) is 0 Å². The minimum atomic E-state index is -0.361. The number of hydrogen-bond acceptors (Lipinski definition) is 8. The molecule has 0 fully saturated rings. The second-order valence-corrected chi connectivity index (χ2v) is 8.58. The number of allylic oxidation sites excluding steroid dienone is 1. The van der Waals surface area contributed by atoms with E-state index in [-0.39, 0.29) is 11.4 Å². The van der Waals surface area contributed by atoms with Gasteiger partial charge in [-0.15, -0.1) is 0 Å². The molecule has 0 saturated carbocycles. The monoisotopic (exact) mass is 458 g/mol. The Bertz CT molecular complexity index is 1230. The smallest absolute Gasteiger partial charge is 0.221 e. The van der Waals surface area contributed by atoms with Gasteiger partial charge in [0.25, 0.3) is 0 Å². The van der Waals surface area contributed by atoms with Gasteiger partial charge >= 0.3 is 0 Å². The highest BCUT2D eigenvalue weighted by Gasteiger charge is 2.21. The molecule has 3 aromatic rings. The van der Waals surface area contributed by atoms with Gasteiger partial charge in [0.05, 0.1) is 24.8 Å². The van der Waals surface area contributed by atoms with Crippen molar-refractivity contribution < 1.29 is 9.47 Å². The van der Waals surface area contributed by atoms with Crippen LogP contribution in [-0.4, -0.2) is 23.2 Å². The van der Waals surface area contributed by atoms with Crippen molar-refractivity contribution in [1.29, 1.82) is 5.26 Å². The van der Waals surface area contributed by atoms with Crippen LogP contribution in [0.4, 0.5) is 17.5 Å². The zero-order chi connectivity index (χ0) is 24.7. The van der Waals surface area contributed by atoms with Crippen LogP contribution in [-0.2, 0) is 6.42 Å². The summed E-state index contributed by atoms with van der Waals surface area (Å²) in [4.78, 5) is 8.12. The van der Waals surface area contributed by atoms with Gasteiger partial charge in [-0.1, -0.05) is 32.1 Å². The molecule has 34 heavy (non-hydrogen) atoms. The molecule has 0 amide bonds. The Hall–Kier alpha value is -4.25. The van der Waals surface area contributed by atoms with Crippen molar-refractivity contribution in [2.45, 2.75) is 27.2 Å². The minimum absolute atomic E-state index is 0.130. The van der Waals surface area contributed by atoms with E-state index in [0.717, 1.165) is 22.3 Å². The van der Waals surface area contributed by atoms with E-state index in [4.69, 9.17) is 31.9 Å². The van der Waals surface area contributed by atoms with E-state index < -0.39 is 0 Å². The normalized spacial score (nSPS) is 11.4. The van der Waals surface area contributed by atoms with Crippen LogP contribution in [0.2, 0.25) is 0 Å². The third-order valence-corrected chi connectivity index (χ3v) is 5.12. The summed E-state index contributed by atoms with van der Waals surface area (Å²) >= 11 is 0. The van der Waals surface area contributed by atoms with E-state index in [0.29, 0.717) is 42.6 Å². The summed E-state index contributed by atoms with van der Waals surface area (Å²) in [5.41, 5.74) is 21.4. The van der Waals surface area contributed by atoms with Crippen molar-refractivity contribution in [2.75, 3.05) is 30.4 Å². The Morgan fingerprint density at radius 3 is 2.47 bits per heavy atom. The lowest BCUT2D eigenvalue weighted by Gasteiger charge is -2.24. The van der Waals surface area contributed by atoms with Crippen LogP contribution in [0.15, 0.2) is 54.7 Å². The van der Waals surface area contributed by atoms with Crippen molar-refractivity contribution in [3.8, 4) is 28.7 Å². The van der Waals surface area contributed by atoms with Crippen LogP contribution < -0.4 is 26.7 Å². The summed E-state index contributed by atoms with van der Waals surface area (Å²) in [7, 11) is 0. The Balaban J connectivity index is 2.10.